The van der Waals surface area contributed by atoms with Gasteiger partial charge in [0.05, 0.1) is 0 Å². The summed E-state index contributed by atoms with van der Waals surface area (Å²) in [5.74, 6) is 0. The van der Waals surface area contributed by atoms with Crippen LogP contribution in [0.5, 0.6) is 0 Å². The van der Waals surface area contributed by atoms with E-state index in [-0.39, 0.29) is 6.03 Å². The van der Waals surface area contributed by atoms with E-state index in [2.05, 4.69) is 39.0 Å². The van der Waals surface area contributed by atoms with Gasteiger partial charge in [-0.05, 0) is 44.0 Å². The van der Waals surface area contributed by atoms with Crippen molar-refractivity contribution in [2.24, 2.45) is 5.73 Å². The van der Waals surface area contributed by atoms with Gasteiger partial charge in [-0.2, -0.15) is 0 Å². The van der Waals surface area contributed by atoms with Crippen LogP contribution in [0.25, 0.3) is 0 Å². The Morgan fingerprint density at radius 2 is 2.00 bits per heavy atom. The number of rotatable bonds is 4. The maximum absolute atomic E-state index is 11.2. The third-order valence-corrected chi connectivity index (χ3v) is 4.55. The lowest BCUT2D eigenvalue weighted by molar-refractivity contribution is 0.207. The average molecular weight is 340 g/mol. The summed E-state index contributed by atoms with van der Waals surface area (Å²) in [4.78, 5) is 15.3. The van der Waals surface area contributed by atoms with Crippen molar-refractivity contribution in [1.82, 2.24) is 9.80 Å². The molecule has 0 aliphatic carbocycles. The predicted octanol–water partition coefficient (Wildman–Crippen LogP) is 2.47. The number of nitrogens with zero attached hydrogens (tertiary/aromatic N) is 2. The summed E-state index contributed by atoms with van der Waals surface area (Å²) in [5, 5.41) is 0. The molecule has 20 heavy (non-hydrogen) atoms. The third kappa shape index (κ3) is 4.49. The number of amides is 2. The zero-order valence-electron chi connectivity index (χ0n) is 11.7. The number of urea groups is 1. The quantitative estimate of drug-likeness (QED) is 0.915. The van der Waals surface area contributed by atoms with Gasteiger partial charge >= 0.3 is 6.03 Å². The van der Waals surface area contributed by atoms with Crippen LogP contribution in [0.3, 0.4) is 0 Å². The Labute approximate surface area is 129 Å². The molecular weight excluding hydrogens is 318 g/mol. The molecule has 2 amide bonds. The van der Waals surface area contributed by atoms with E-state index in [1.165, 1.54) is 10.0 Å². The number of benzene rings is 1. The molecule has 0 atom stereocenters. The van der Waals surface area contributed by atoms with E-state index < -0.39 is 0 Å². The SMILES string of the molecule is NC(=O)N1CCCN(CCCc2ccccc2Br)CC1. The van der Waals surface area contributed by atoms with Crippen molar-refractivity contribution in [3.63, 3.8) is 0 Å². The summed E-state index contributed by atoms with van der Waals surface area (Å²) >= 11 is 3.59. The monoisotopic (exact) mass is 339 g/mol. The average Bonchev–Trinajstić information content (AvgIpc) is 2.67. The van der Waals surface area contributed by atoms with E-state index in [0.29, 0.717) is 0 Å². The highest BCUT2D eigenvalue weighted by molar-refractivity contribution is 9.10. The van der Waals surface area contributed by atoms with Crippen molar-refractivity contribution in [3.8, 4) is 0 Å². The molecule has 0 saturated carbocycles. The van der Waals surface area contributed by atoms with E-state index in [1.807, 2.05) is 6.07 Å². The summed E-state index contributed by atoms with van der Waals surface area (Å²) in [5.41, 5.74) is 6.70. The van der Waals surface area contributed by atoms with Crippen molar-refractivity contribution in [3.05, 3.63) is 34.3 Å². The molecule has 1 aliphatic rings. The minimum atomic E-state index is -0.292. The highest BCUT2D eigenvalue weighted by Gasteiger charge is 2.16. The van der Waals surface area contributed by atoms with Crippen molar-refractivity contribution < 1.29 is 4.79 Å². The van der Waals surface area contributed by atoms with Gasteiger partial charge in [0.1, 0.15) is 0 Å². The van der Waals surface area contributed by atoms with Crippen LogP contribution >= 0.6 is 15.9 Å². The first-order valence-electron chi connectivity index (χ1n) is 7.17. The lowest BCUT2D eigenvalue weighted by Crippen LogP contribution is -2.38. The van der Waals surface area contributed by atoms with E-state index in [1.54, 1.807) is 4.90 Å². The molecule has 2 rings (SSSR count). The van der Waals surface area contributed by atoms with Crippen LogP contribution in [0.15, 0.2) is 28.7 Å². The first-order chi connectivity index (χ1) is 9.66. The number of hydrogen-bond donors (Lipinski definition) is 1. The number of halogens is 1. The van der Waals surface area contributed by atoms with Gasteiger partial charge in [-0.1, -0.05) is 34.1 Å². The van der Waals surface area contributed by atoms with Crippen LogP contribution in [0.4, 0.5) is 4.79 Å². The molecule has 1 aliphatic heterocycles. The van der Waals surface area contributed by atoms with E-state index in [4.69, 9.17) is 5.73 Å². The predicted molar refractivity (Wildman–Crippen MR) is 84.7 cm³/mol. The number of aryl methyl sites for hydroxylation is 1. The molecule has 0 spiro atoms. The molecule has 1 saturated heterocycles. The van der Waals surface area contributed by atoms with Gasteiger partial charge in [0.15, 0.2) is 0 Å². The molecule has 1 aromatic rings. The molecule has 0 bridgehead atoms. The van der Waals surface area contributed by atoms with Gasteiger partial charge in [-0.15, -0.1) is 0 Å². The zero-order valence-corrected chi connectivity index (χ0v) is 13.3. The van der Waals surface area contributed by atoms with Crippen LogP contribution in [0, 0.1) is 0 Å². The number of primary amides is 1. The zero-order chi connectivity index (χ0) is 14.4. The Balaban J connectivity index is 1.74. The number of carbonyl (C=O) groups is 1. The first kappa shape index (κ1) is 15.3. The Kier molecular flexibility index (Phi) is 5.86. The summed E-state index contributed by atoms with van der Waals surface area (Å²) in [7, 11) is 0. The molecule has 1 aromatic carbocycles. The minimum absolute atomic E-state index is 0.292. The second kappa shape index (κ2) is 7.64. The van der Waals surface area contributed by atoms with Gasteiger partial charge in [0.25, 0.3) is 0 Å². The molecule has 0 radical (unpaired) electrons. The van der Waals surface area contributed by atoms with Crippen molar-refractivity contribution in [2.45, 2.75) is 19.3 Å². The summed E-state index contributed by atoms with van der Waals surface area (Å²) in [6.45, 7) is 4.60. The van der Waals surface area contributed by atoms with Crippen molar-refractivity contribution in [2.75, 3.05) is 32.7 Å². The van der Waals surface area contributed by atoms with Gasteiger partial charge in [0, 0.05) is 24.1 Å². The summed E-state index contributed by atoms with van der Waals surface area (Å²) in [6, 6.07) is 8.09. The van der Waals surface area contributed by atoms with Crippen molar-refractivity contribution >= 4 is 22.0 Å². The fourth-order valence-corrected chi connectivity index (χ4v) is 3.09. The molecule has 1 heterocycles. The number of hydrogen-bond acceptors (Lipinski definition) is 2. The van der Waals surface area contributed by atoms with Gasteiger partial charge in [-0.25, -0.2) is 4.79 Å². The Hall–Kier alpha value is -1.07. The Bertz CT molecular complexity index is 452. The topological polar surface area (TPSA) is 49.6 Å². The van der Waals surface area contributed by atoms with Crippen LogP contribution in [0.2, 0.25) is 0 Å². The third-order valence-electron chi connectivity index (χ3n) is 3.78. The molecule has 5 heteroatoms. The second-order valence-corrected chi connectivity index (χ2v) is 6.07. The first-order valence-corrected chi connectivity index (χ1v) is 7.96. The largest absolute Gasteiger partial charge is 0.351 e. The fourth-order valence-electron chi connectivity index (χ4n) is 2.61. The molecule has 4 nitrogen and oxygen atoms in total. The van der Waals surface area contributed by atoms with Crippen LogP contribution < -0.4 is 5.73 Å². The molecule has 0 aromatic heterocycles. The van der Waals surface area contributed by atoms with Gasteiger partial charge < -0.3 is 15.5 Å². The lowest BCUT2D eigenvalue weighted by Gasteiger charge is -2.20. The van der Waals surface area contributed by atoms with Crippen LogP contribution in [0.1, 0.15) is 18.4 Å². The standard InChI is InChI=1S/C15H22BrN3O/c16-14-7-2-1-5-13(14)6-3-8-18-9-4-10-19(12-11-18)15(17)20/h1-2,5,7H,3-4,6,8-12H2,(H2,17,20). The van der Waals surface area contributed by atoms with Crippen molar-refractivity contribution in [1.29, 1.82) is 0 Å². The van der Waals surface area contributed by atoms with Gasteiger partial charge in [0.2, 0.25) is 0 Å². The molecule has 0 unspecified atom stereocenters. The number of nitrogens with two attached hydrogens (primary N) is 1. The van der Waals surface area contributed by atoms with Crippen LogP contribution in [-0.2, 0) is 6.42 Å². The normalized spacial score (nSPS) is 16.9. The van der Waals surface area contributed by atoms with Crippen LogP contribution in [-0.4, -0.2) is 48.6 Å². The van der Waals surface area contributed by atoms with Gasteiger partial charge in [-0.3, -0.25) is 0 Å². The smallest absolute Gasteiger partial charge is 0.314 e. The summed E-state index contributed by atoms with van der Waals surface area (Å²) in [6.07, 6.45) is 3.23. The summed E-state index contributed by atoms with van der Waals surface area (Å²) < 4.78 is 1.19. The number of carbonyl (C=O) groups excluding carboxylic acids is 1. The van der Waals surface area contributed by atoms with E-state index >= 15 is 0 Å². The minimum Gasteiger partial charge on any atom is -0.351 e. The van der Waals surface area contributed by atoms with E-state index in [9.17, 15) is 4.79 Å². The molecule has 110 valence electrons. The highest BCUT2D eigenvalue weighted by Crippen LogP contribution is 2.17. The maximum Gasteiger partial charge on any atom is 0.314 e. The Morgan fingerprint density at radius 1 is 1.20 bits per heavy atom. The Morgan fingerprint density at radius 3 is 2.75 bits per heavy atom. The second-order valence-electron chi connectivity index (χ2n) is 5.22. The van der Waals surface area contributed by atoms with E-state index in [0.717, 1.165) is 52.0 Å². The highest BCUT2D eigenvalue weighted by atomic mass is 79.9. The lowest BCUT2D eigenvalue weighted by atomic mass is 10.1. The molecule has 2 N–H and O–H groups in total. The maximum atomic E-state index is 11.2. The molecular formula is C15H22BrN3O. The molecule has 1 fully saturated rings. The fraction of sp³-hybridized carbons (Fsp3) is 0.533.